The van der Waals surface area contributed by atoms with Gasteiger partial charge in [-0.25, -0.2) is 9.50 Å². The summed E-state index contributed by atoms with van der Waals surface area (Å²) in [6.45, 7) is 0. The summed E-state index contributed by atoms with van der Waals surface area (Å²) in [4.78, 5) is 19.7. The van der Waals surface area contributed by atoms with E-state index < -0.39 is 5.91 Å². The molecule has 1 amide bonds. The number of nitrogens with two attached hydrogens (primary N) is 1. The molecule has 3 aromatic heterocycles. The molecule has 3 aromatic rings. The summed E-state index contributed by atoms with van der Waals surface area (Å²) in [6.07, 6.45) is 6.55. The topological polar surface area (TPSA) is 86.2 Å². The Hall–Kier alpha value is -2.76. The van der Waals surface area contributed by atoms with E-state index in [0.717, 1.165) is 11.3 Å². The smallest absolute Gasteiger partial charge is 0.254 e. The van der Waals surface area contributed by atoms with Crippen LogP contribution in [0.15, 0.2) is 43.0 Å². The maximum Gasteiger partial charge on any atom is 0.254 e. The van der Waals surface area contributed by atoms with Gasteiger partial charge in [-0.3, -0.25) is 9.78 Å². The zero-order valence-corrected chi connectivity index (χ0v) is 9.32. The molecule has 0 aromatic carbocycles. The lowest BCUT2D eigenvalue weighted by molar-refractivity contribution is 0.100. The first-order valence-corrected chi connectivity index (χ1v) is 5.30. The Bertz CT molecular complexity index is 720. The molecule has 0 aliphatic heterocycles. The number of carbonyl (C=O) groups is 1. The fourth-order valence-corrected chi connectivity index (χ4v) is 1.72. The van der Waals surface area contributed by atoms with Crippen molar-refractivity contribution in [2.75, 3.05) is 0 Å². The fourth-order valence-electron chi connectivity index (χ4n) is 1.72. The molecule has 0 aliphatic carbocycles. The van der Waals surface area contributed by atoms with Crippen LogP contribution >= 0.6 is 0 Å². The van der Waals surface area contributed by atoms with Crippen molar-refractivity contribution in [1.82, 2.24) is 19.6 Å². The molecule has 18 heavy (non-hydrogen) atoms. The molecule has 0 saturated carbocycles. The minimum absolute atomic E-state index is 0.306. The Kier molecular flexibility index (Phi) is 2.26. The second-order valence-electron chi connectivity index (χ2n) is 3.75. The molecule has 0 unspecified atom stereocenters. The number of pyridine rings is 1. The number of hydrogen-bond donors (Lipinski definition) is 1. The average Bonchev–Trinajstić information content (AvgIpc) is 2.82. The largest absolute Gasteiger partial charge is 0.365 e. The molecular formula is C12H9N5O. The van der Waals surface area contributed by atoms with Gasteiger partial charge in [0.15, 0.2) is 5.65 Å². The van der Waals surface area contributed by atoms with Gasteiger partial charge in [-0.1, -0.05) is 0 Å². The Balaban J connectivity index is 2.21. The van der Waals surface area contributed by atoms with Crippen LogP contribution in [0.4, 0.5) is 0 Å². The van der Waals surface area contributed by atoms with Crippen molar-refractivity contribution >= 4 is 11.6 Å². The van der Waals surface area contributed by atoms with E-state index in [1.165, 1.54) is 10.7 Å². The molecular weight excluding hydrogens is 230 g/mol. The van der Waals surface area contributed by atoms with Crippen molar-refractivity contribution in [3.05, 3.63) is 48.5 Å². The number of hydrogen-bond acceptors (Lipinski definition) is 4. The van der Waals surface area contributed by atoms with Crippen LogP contribution in [0, 0.1) is 0 Å². The highest BCUT2D eigenvalue weighted by Gasteiger charge is 2.11. The van der Waals surface area contributed by atoms with Crippen LogP contribution < -0.4 is 5.73 Å². The fraction of sp³-hybridized carbons (Fsp3) is 0. The van der Waals surface area contributed by atoms with Gasteiger partial charge in [0.05, 0.1) is 11.9 Å². The quantitative estimate of drug-likeness (QED) is 0.719. The zero-order valence-electron chi connectivity index (χ0n) is 9.32. The maximum absolute atomic E-state index is 11.2. The van der Waals surface area contributed by atoms with Gasteiger partial charge in [0.25, 0.3) is 5.91 Å². The summed E-state index contributed by atoms with van der Waals surface area (Å²) in [5.41, 5.74) is 7.62. The minimum Gasteiger partial charge on any atom is -0.365 e. The number of rotatable bonds is 2. The maximum atomic E-state index is 11.2. The van der Waals surface area contributed by atoms with Crippen molar-refractivity contribution in [1.29, 1.82) is 0 Å². The molecule has 0 fully saturated rings. The second-order valence-corrected chi connectivity index (χ2v) is 3.75. The summed E-state index contributed by atoms with van der Waals surface area (Å²) in [6, 6.07) is 5.53. The van der Waals surface area contributed by atoms with Crippen molar-refractivity contribution in [3.63, 3.8) is 0 Å². The van der Waals surface area contributed by atoms with E-state index in [0.29, 0.717) is 11.2 Å². The van der Waals surface area contributed by atoms with Gasteiger partial charge in [-0.15, -0.1) is 0 Å². The lowest BCUT2D eigenvalue weighted by Crippen LogP contribution is -2.11. The Morgan fingerprint density at radius 3 is 2.89 bits per heavy atom. The number of primary amides is 1. The molecule has 0 saturated heterocycles. The van der Waals surface area contributed by atoms with E-state index >= 15 is 0 Å². The van der Waals surface area contributed by atoms with Crippen LogP contribution in [-0.4, -0.2) is 25.5 Å². The standard InChI is InChI=1S/C12H9N5O/c13-11(18)9-7-15-17-5-3-10(16-12(9)17)8-2-1-4-14-6-8/h1-7H,(H2,13,18). The third kappa shape index (κ3) is 1.60. The summed E-state index contributed by atoms with van der Waals surface area (Å²) in [5, 5.41) is 4.01. The monoisotopic (exact) mass is 239 g/mol. The van der Waals surface area contributed by atoms with E-state index in [1.54, 1.807) is 18.6 Å². The number of amides is 1. The first-order valence-electron chi connectivity index (χ1n) is 5.30. The van der Waals surface area contributed by atoms with Crippen molar-refractivity contribution in [2.45, 2.75) is 0 Å². The minimum atomic E-state index is -0.541. The van der Waals surface area contributed by atoms with Crippen LogP contribution in [0.3, 0.4) is 0 Å². The first-order chi connectivity index (χ1) is 8.75. The van der Waals surface area contributed by atoms with Gasteiger partial charge in [0, 0.05) is 24.2 Å². The molecule has 0 atom stereocenters. The lowest BCUT2D eigenvalue weighted by Gasteiger charge is -2.01. The molecule has 6 heteroatoms. The SMILES string of the molecule is NC(=O)c1cnn2ccc(-c3cccnc3)nc12. The van der Waals surface area contributed by atoms with E-state index in [-0.39, 0.29) is 0 Å². The molecule has 0 radical (unpaired) electrons. The number of aromatic nitrogens is 4. The third-order valence-electron chi connectivity index (χ3n) is 2.59. The highest BCUT2D eigenvalue weighted by Crippen LogP contribution is 2.17. The Morgan fingerprint density at radius 1 is 1.28 bits per heavy atom. The molecule has 3 rings (SSSR count). The van der Waals surface area contributed by atoms with Gasteiger partial charge in [-0.2, -0.15) is 5.10 Å². The highest BCUT2D eigenvalue weighted by molar-refractivity contribution is 5.98. The van der Waals surface area contributed by atoms with Crippen molar-refractivity contribution in [3.8, 4) is 11.3 Å². The molecule has 0 spiro atoms. The summed E-state index contributed by atoms with van der Waals surface area (Å²) in [7, 11) is 0. The molecule has 0 aliphatic rings. The van der Waals surface area contributed by atoms with Crippen molar-refractivity contribution < 1.29 is 4.79 Å². The summed E-state index contributed by atoms with van der Waals surface area (Å²) in [5.74, 6) is -0.541. The molecule has 6 nitrogen and oxygen atoms in total. The van der Waals surface area contributed by atoms with Crippen LogP contribution in [0.2, 0.25) is 0 Å². The second kappa shape index (κ2) is 3.92. The van der Waals surface area contributed by atoms with E-state index in [1.807, 2.05) is 18.2 Å². The van der Waals surface area contributed by atoms with Crippen LogP contribution in [0.5, 0.6) is 0 Å². The van der Waals surface area contributed by atoms with Gasteiger partial charge >= 0.3 is 0 Å². The third-order valence-corrected chi connectivity index (χ3v) is 2.59. The Morgan fingerprint density at radius 2 is 2.17 bits per heavy atom. The zero-order chi connectivity index (χ0) is 12.5. The molecule has 88 valence electrons. The van der Waals surface area contributed by atoms with Gasteiger partial charge in [0.2, 0.25) is 0 Å². The molecule has 3 heterocycles. The van der Waals surface area contributed by atoms with E-state index in [2.05, 4.69) is 15.1 Å². The molecule has 0 bridgehead atoms. The van der Waals surface area contributed by atoms with Crippen molar-refractivity contribution in [2.24, 2.45) is 5.73 Å². The molecule has 2 N–H and O–H groups in total. The van der Waals surface area contributed by atoms with Gasteiger partial charge < -0.3 is 5.73 Å². The number of nitrogens with zero attached hydrogens (tertiary/aromatic N) is 4. The van der Waals surface area contributed by atoms with E-state index in [9.17, 15) is 4.79 Å². The predicted octanol–water partition coefficient (Wildman–Crippen LogP) is 0.890. The Labute approximate surface area is 102 Å². The highest BCUT2D eigenvalue weighted by atomic mass is 16.1. The summed E-state index contributed by atoms with van der Waals surface area (Å²) >= 11 is 0. The number of carbonyl (C=O) groups excluding carboxylic acids is 1. The van der Waals surface area contributed by atoms with Crippen LogP contribution in [-0.2, 0) is 0 Å². The predicted molar refractivity (Wildman–Crippen MR) is 64.7 cm³/mol. The normalized spacial score (nSPS) is 10.7. The van der Waals surface area contributed by atoms with E-state index in [4.69, 9.17) is 5.73 Å². The summed E-state index contributed by atoms with van der Waals surface area (Å²) < 4.78 is 1.51. The van der Waals surface area contributed by atoms with Gasteiger partial charge in [0.1, 0.15) is 5.56 Å². The van der Waals surface area contributed by atoms with Crippen LogP contribution in [0.1, 0.15) is 10.4 Å². The first kappa shape index (κ1) is 10.4. The van der Waals surface area contributed by atoms with Gasteiger partial charge in [-0.05, 0) is 18.2 Å². The average molecular weight is 239 g/mol. The van der Waals surface area contributed by atoms with Crippen LogP contribution in [0.25, 0.3) is 16.9 Å². The lowest BCUT2D eigenvalue weighted by atomic mass is 10.2. The number of fused-ring (bicyclic) bond motifs is 1.